The van der Waals surface area contributed by atoms with Gasteiger partial charge in [0.25, 0.3) is 11.8 Å². The van der Waals surface area contributed by atoms with Crippen molar-refractivity contribution in [3.05, 3.63) is 75.6 Å². The summed E-state index contributed by atoms with van der Waals surface area (Å²) in [6.45, 7) is 2.58. The molecule has 3 heterocycles. The fourth-order valence-electron chi connectivity index (χ4n) is 7.22. The van der Waals surface area contributed by atoms with Crippen molar-refractivity contribution in [1.82, 2.24) is 40.2 Å². The first-order valence-electron chi connectivity index (χ1n) is 14.9. The second-order valence-electron chi connectivity index (χ2n) is 12.6. The van der Waals surface area contributed by atoms with Crippen LogP contribution in [0.25, 0.3) is 0 Å². The van der Waals surface area contributed by atoms with E-state index in [4.69, 9.17) is 0 Å². The number of hydrogen-bond donors (Lipinski definition) is 1. The Balaban J connectivity index is 1.47. The maximum absolute atomic E-state index is 13.3. The number of aryl methyl sites for hydroxylation is 2. The quantitative estimate of drug-likeness (QED) is 0.470. The molecule has 0 bridgehead atoms. The Morgan fingerprint density at radius 1 is 1.00 bits per heavy atom. The average molecular weight is 596 g/mol. The smallest absolute Gasteiger partial charge is 0.253 e. The van der Waals surface area contributed by atoms with Gasteiger partial charge in [0.05, 0.1) is 18.0 Å². The Bertz CT molecular complexity index is 1630. The van der Waals surface area contributed by atoms with E-state index >= 15 is 0 Å². The van der Waals surface area contributed by atoms with Crippen LogP contribution in [0.15, 0.2) is 36.4 Å². The Morgan fingerprint density at radius 2 is 1.59 bits per heavy atom. The lowest BCUT2D eigenvalue weighted by Crippen LogP contribution is -2.50. The fourth-order valence-corrected chi connectivity index (χ4v) is 7.22. The number of nitrogens with zero attached hydrogens (tertiary/aromatic N) is 8. The van der Waals surface area contributed by atoms with E-state index in [1.807, 2.05) is 43.3 Å². The summed E-state index contributed by atoms with van der Waals surface area (Å²) >= 11 is 0. The van der Waals surface area contributed by atoms with E-state index in [0.29, 0.717) is 49.2 Å². The molecule has 1 spiro atoms. The topological polar surface area (TPSA) is 140 Å². The van der Waals surface area contributed by atoms with Crippen LogP contribution in [0.4, 0.5) is 0 Å². The molecule has 12 nitrogen and oxygen atoms in total. The summed E-state index contributed by atoms with van der Waals surface area (Å²) in [7, 11) is 6.94. The summed E-state index contributed by atoms with van der Waals surface area (Å²) in [5, 5.41) is 26.1. The van der Waals surface area contributed by atoms with Gasteiger partial charge in [-0.25, -0.2) is 4.68 Å². The highest BCUT2D eigenvalue weighted by Crippen LogP contribution is 2.54. The lowest BCUT2D eigenvalue weighted by Gasteiger charge is -2.34. The van der Waals surface area contributed by atoms with Crippen molar-refractivity contribution in [2.24, 2.45) is 0 Å². The molecule has 228 valence electrons. The van der Waals surface area contributed by atoms with Crippen LogP contribution in [0.1, 0.15) is 75.0 Å². The molecule has 2 aliphatic heterocycles. The Hall–Kier alpha value is -4.63. The van der Waals surface area contributed by atoms with Crippen molar-refractivity contribution in [2.45, 2.75) is 56.1 Å². The van der Waals surface area contributed by atoms with Crippen LogP contribution in [0.5, 0.6) is 0 Å². The van der Waals surface area contributed by atoms with Gasteiger partial charge in [-0.15, -0.1) is 5.10 Å². The standard InChI is InChI=1S/C32H37N9O3/c1-31(34-18-27(42)40-14-6-7-24(40)17-33)19-32(30-35-36-37-41(30)31)25-12-10-22(28(43)38(2)3)15-20(25)8-9-21-16-23(11-13-26(21)32)29(44)39(4)5/h10-13,15-16,24,34H,6-9,14,18-19H2,1-5H3/t24-,31?/m0/s1. The number of fused-ring (bicyclic) bond motifs is 6. The van der Waals surface area contributed by atoms with E-state index in [0.717, 1.165) is 28.7 Å². The van der Waals surface area contributed by atoms with E-state index in [-0.39, 0.29) is 24.3 Å². The van der Waals surface area contributed by atoms with Crippen LogP contribution in [-0.4, -0.2) is 100.0 Å². The van der Waals surface area contributed by atoms with E-state index in [1.54, 1.807) is 47.6 Å². The van der Waals surface area contributed by atoms with Crippen LogP contribution in [-0.2, 0) is 28.7 Å². The van der Waals surface area contributed by atoms with Gasteiger partial charge in [-0.1, -0.05) is 12.1 Å². The van der Waals surface area contributed by atoms with Gasteiger partial charge in [0.15, 0.2) is 5.82 Å². The SMILES string of the molecule is CN(C)C(=O)c1ccc2c(c1)CCc1cc(C(=O)N(C)C)ccc1C21CC(C)(NCC(=O)N2CCC[C@H]2C#N)n2nnnc21. The van der Waals surface area contributed by atoms with E-state index in [9.17, 15) is 19.6 Å². The third-order valence-electron chi connectivity index (χ3n) is 9.37. The molecule has 0 radical (unpaired) electrons. The highest BCUT2D eigenvalue weighted by atomic mass is 16.2. The van der Waals surface area contributed by atoms with Gasteiger partial charge < -0.3 is 14.7 Å². The average Bonchev–Trinajstić information content (AvgIpc) is 3.74. The third-order valence-corrected chi connectivity index (χ3v) is 9.37. The number of tetrazole rings is 1. The van der Waals surface area contributed by atoms with Crippen LogP contribution in [0, 0.1) is 11.3 Å². The molecular weight excluding hydrogens is 558 g/mol. The minimum Gasteiger partial charge on any atom is -0.345 e. The Kier molecular flexibility index (Phi) is 7.24. The lowest BCUT2D eigenvalue weighted by molar-refractivity contribution is -0.130. The molecule has 1 aliphatic carbocycles. The van der Waals surface area contributed by atoms with E-state index in [2.05, 4.69) is 26.9 Å². The van der Waals surface area contributed by atoms with Crippen molar-refractivity contribution < 1.29 is 14.4 Å². The number of carbonyl (C=O) groups excluding carboxylic acids is 3. The molecule has 1 saturated heterocycles. The second kappa shape index (κ2) is 10.8. The summed E-state index contributed by atoms with van der Waals surface area (Å²) in [4.78, 5) is 44.0. The molecule has 1 N–H and O–H groups in total. The molecule has 1 fully saturated rings. The number of rotatable bonds is 5. The minimum absolute atomic E-state index is 0.0241. The normalized spacial score (nSPS) is 21.2. The van der Waals surface area contributed by atoms with Crippen molar-refractivity contribution in [3.8, 4) is 6.07 Å². The molecule has 2 aromatic carbocycles. The van der Waals surface area contributed by atoms with E-state index < -0.39 is 17.1 Å². The number of likely N-dealkylation sites (tertiary alicyclic amines) is 1. The molecule has 1 unspecified atom stereocenters. The number of amides is 3. The van der Waals surface area contributed by atoms with Crippen LogP contribution in [0.2, 0.25) is 0 Å². The van der Waals surface area contributed by atoms with Gasteiger partial charge in [-0.2, -0.15) is 5.26 Å². The molecule has 44 heavy (non-hydrogen) atoms. The first-order chi connectivity index (χ1) is 21.0. The van der Waals surface area contributed by atoms with Crippen molar-refractivity contribution in [2.75, 3.05) is 41.3 Å². The number of carbonyl (C=O) groups is 3. The van der Waals surface area contributed by atoms with Crippen molar-refractivity contribution in [1.29, 1.82) is 5.26 Å². The summed E-state index contributed by atoms with van der Waals surface area (Å²) in [6.07, 6.45) is 3.28. The number of aromatic nitrogens is 4. The molecule has 3 aromatic rings. The molecule has 3 amide bonds. The molecule has 3 aliphatic rings. The maximum Gasteiger partial charge on any atom is 0.253 e. The number of nitriles is 1. The molecule has 12 heteroatoms. The molecular formula is C32H37N9O3. The monoisotopic (exact) mass is 595 g/mol. The predicted molar refractivity (Wildman–Crippen MR) is 161 cm³/mol. The van der Waals surface area contributed by atoms with Gasteiger partial charge in [0.2, 0.25) is 5.91 Å². The van der Waals surface area contributed by atoms with Crippen LogP contribution >= 0.6 is 0 Å². The highest BCUT2D eigenvalue weighted by molar-refractivity contribution is 5.95. The van der Waals surface area contributed by atoms with Crippen LogP contribution in [0.3, 0.4) is 0 Å². The van der Waals surface area contributed by atoms with Gasteiger partial charge in [0, 0.05) is 52.3 Å². The van der Waals surface area contributed by atoms with Crippen LogP contribution < -0.4 is 5.32 Å². The van der Waals surface area contributed by atoms with Gasteiger partial charge >= 0.3 is 0 Å². The van der Waals surface area contributed by atoms with Gasteiger partial charge in [0.1, 0.15) is 11.7 Å². The highest BCUT2D eigenvalue weighted by Gasteiger charge is 2.57. The zero-order valence-corrected chi connectivity index (χ0v) is 25.8. The molecule has 2 atom stereocenters. The first-order valence-corrected chi connectivity index (χ1v) is 14.9. The summed E-state index contributed by atoms with van der Waals surface area (Å²) < 4.78 is 1.77. The fraction of sp³-hybridized carbons (Fsp3) is 0.469. The summed E-state index contributed by atoms with van der Waals surface area (Å²) in [5.41, 5.74) is 3.53. The minimum atomic E-state index is -0.856. The molecule has 1 aromatic heterocycles. The number of benzene rings is 2. The van der Waals surface area contributed by atoms with Crippen molar-refractivity contribution >= 4 is 17.7 Å². The number of hydrogen-bond acceptors (Lipinski definition) is 8. The summed E-state index contributed by atoms with van der Waals surface area (Å²) in [6, 6.07) is 13.5. The zero-order valence-electron chi connectivity index (χ0n) is 25.8. The first kappa shape index (κ1) is 29.4. The van der Waals surface area contributed by atoms with Gasteiger partial charge in [-0.05, 0) is 89.6 Å². The van der Waals surface area contributed by atoms with E-state index in [1.165, 1.54) is 0 Å². The predicted octanol–water partition coefficient (Wildman–Crippen LogP) is 1.69. The maximum atomic E-state index is 13.3. The second-order valence-corrected chi connectivity index (χ2v) is 12.6. The Labute approximate surface area is 256 Å². The van der Waals surface area contributed by atoms with Crippen molar-refractivity contribution in [3.63, 3.8) is 0 Å². The third kappa shape index (κ3) is 4.54. The molecule has 0 saturated carbocycles. The zero-order chi connectivity index (χ0) is 31.4. The summed E-state index contributed by atoms with van der Waals surface area (Å²) in [5.74, 6) is 0.327. The molecule has 6 rings (SSSR count). The number of nitrogens with one attached hydrogen (secondary N) is 1. The van der Waals surface area contributed by atoms with Gasteiger partial charge in [-0.3, -0.25) is 19.7 Å². The Morgan fingerprint density at radius 3 is 2.14 bits per heavy atom. The lowest BCUT2D eigenvalue weighted by atomic mass is 9.69. The largest absolute Gasteiger partial charge is 0.345 e.